The largest absolute Gasteiger partial charge is 0.484 e. The predicted octanol–water partition coefficient (Wildman–Crippen LogP) is 2.11. The molecule has 1 aromatic carbocycles. The Balaban J connectivity index is 1.39. The van der Waals surface area contributed by atoms with Crippen molar-refractivity contribution in [1.82, 2.24) is 30.6 Å². The van der Waals surface area contributed by atoms with Crippen LogP contribution in [0.4, 0.5) is 0 Å². The third-order valence-electron chi connectivity index (χ3n) is 4.15. The minimum atomic E-state index is -0.522. The first-order valence-corrected chi connectivity index (χ1v) is 10.7. The van der Waals surface area contributed by atoms with Crippen molar-refractivity contribution in [3.05, 3.63) is 56.0 Å². The molecule has 0 radical (unpaired) electrons. The van der Waals surface area contributed by atoms with E-state index in [0.29, 0.717) is 23.1 Å². The van der Waals surface area contributed by atoms with Gasteiger partial charge in [-0.05, 0) is 54.6 Å². The number of nitrogens with one attached hydrogen (secondary N) is 2. The van der Waals surface area contributed by atoms with Crippen LogP contribution < -0.4 is 15.4 Å². The van der Waals surface area contributed by atoms with Gasteiger partial charge in [0.15, 0.2) is 12.4 Å². The minimum Gasteiger partial charge on any atom is -0.484 e. The van der Waals surface area contributed by atoms with E-state index in [1.54, 1.807) is 28.9 Å². The normalized spacial score (nSPS) is 10.7. The fourth-order valence-corrected chi connectivity index (χ4v) is 3.15. The summed E-state index contributed by atoms with van der Waals surface area (Å²) in [7, 11) is 0. The number of carbonyl (C=O) groups is 2. The van der Waals surface area contributed by atoms with E-state index < -0.39 is 5.91 Å². The van der Waals surface area contributed by atoms with E-state index >= 15 is 0 Å². The van der Waals surface area contributed by atoms with Crippen molar-refractivity contribution in [1.29, 1.82) is 0 Å². The number of hydrogen-bond acceptors (Lipinski definition) is 7. The fraction of sp³-hybridized carbons (Fsp3) is 0.316. The molecule has 0 saturated heterocycles. The minimum absolute atomic E-state index is 0.151. The highest BCUT2D eigenvalue weighted by Gasteiger charge is 2.17. The van der Waals surface area contributed by atoms with E-state index in [4.69, 9.17) is 20.9 Å². The maximum atomic E-state index is 12.1. The lowest BCUT2D eigenvalue weighted by molar-refractivity contribution is -0.123. The summed E-state index contributed by atoms with van der Waals surface area (Å²) in [5.41, 5.74) is 1.91. The van der Waals surface area contributed by atoms with E-state index in [1.165, 1.54) is 0 Å². The Morgan fingerprint density at radius 2 is 2.03 bits per heavy atom. The second-order valence-corrected chi connectivity index (χ2v) is 8.03. The van der Waals surface area contributed by atoms with E-state index in [9.17, 15) is 9.59 Å². The number of benzene rings is 1. The number of ether oxygens (including phenoxy) is 1. The van der Waals surface area contributed by atoms with Gasteiger partial charge in [-0.15, -0.1) is 0 Å². The molecule has 10 nitrogen and oxygen atoms in total. The molecule has 2 aromatic heterocycles. The maximum absolute atomic E-state index is 12.1. The summed E-state index contributed by atoms with van der Waals surface area (Å²) in [6.07, 6.45) is 0. The lowest BCUT2D eigenvalue weighted by Gasteiger charge is -2.08. The number of rotatable bonds is 9. The number of halogens is 2. The van der Waals surface area contributed by atoms with Crippen LogP contribution in [-0.2, 0) is 11.3 Å². The summed E-state index contributed by atoms with van der Waals surface area (Å²) >= 11 is 8.08. The quantitative estimate of drug-likeness (QED) is 0.305. The zero-order chi connectivity index (χ0) is 22.4. The second-order valence-electron chi connectivity index (χ2n) is 6.51. The first-order chi connectivity index (χ1) is 14.8. The van der Waals surface area contributed by atoms with Gasteiger partial charge < -0.3 is 19.9 Å². The van der Waals surface area contributed by atoms with Gasteiger partial charge in [-0.25, -0.2) is 0 Å². The Morgan fingerprint density at radius 1 is 1.26 bits per heavy atom. The Labute approximate surface area is 196 Å². The van der Waals surface area contributed by atoms with E-state index in [1.807, 2.05) is 13.8 Å². The predicted molar refractivity (Wildman–Crippen MR) is 120 cm³/mol. The molecule has 0 unspecified atom stereocenters. The highest BCUT2D eigenvalue weighted by Crippen LogP contribution is 2.17. The molecule has 3 aromatic rings. The molecule has 0 aliphatic heterocycles. The number of hydrogen-bond donors (Lipinski definition) is 2. The van der Waals surface area contributed by atoms with Gasteiger partial charge in [0.05, 0.1) is 9.26 Å². The molecular weight excluding hydrogens is 539 g/mol. The highest BCUT2D eigenvalue weighted by molar-refractivity contribution is 14.1. The van der Waals surface area contributed by atoms with E-state index in [-0.39, 0.29) is 31.5 Å². The standard InChI is InChI=1S/C19H20ClIN6O4/c1-11-17(21)12(2)27(25-11)9-15-24-19(31-26-15)18(29)23-7-6-22-16(28)10-30-14-5-3-4-13(20)8-14/h3-5,8H,6-7,9-10H2,1-2H3,(H,22,28)(H,23,29). The van der Waals surface area contributed by atoms with Crippen LogP contribution in [0.15, 0.2) is 28.8 Å². The third kappa shape index (κ3) is 6.40. The van der Waals surface area contributed by atoms with Crippen LogP contribution in [0.2, 0.25) is 5.02 Å². The number of aryl methyl sites for hydroxylation is 1. The summed E-state index contributed by atoms with van der Waals surface area (Å²) in [6.45, 7) is 4.41. The van der Waals surface area contributed by atoms with Crippen molar-refractivity contribution in [2.75, 3.05) is 19.7 Å². The lowest BCUT2D eigenvalue weighted by Crippen LogP contribution is -2.36. The zero-order valence-electron chi connectivity index (χ0n) is 16.8. The van der Waals surface area contributed by atoms with Gasteiger partial charge in [0, 0.05) is 23.8 Å². The van der Waals surface area contributed by atoms with Gasteiger partial charge in [-0.3, -0.25) is 14.3 Å². The SMILES string of the molecule is Cc1nn(Cc2noc(C(=O)NCCNC(=O)COc3cccc(Cl)c3)n2)c(C)c1I. The second kappa shape index (κ2) is 10.6. The molecule has 2 heterocycles. The number of amides is 2. The van der Waals surface area contributed by atoms with Crippen molar-refractivity contribution in [2.45, 2.75) is 20.4 Å². The molecule has 0 atom stereocenters. The Kier molecular flexibility index (Phi) is 7.85. The number of aromatic nitrogens is 4. The average molecular weight is 559 g/mol. The molecule has 0 aliphatic carbocycles. The molecule has 0 fully saturated rings. The molecule has 31 heavy (non-hydrogen) atoms. The summed E-state index contributed by atoms with van der Waals surface area (Å²) in [4.78, 5) is 28.1. The molecule has 12 heteroatoms. The van der Waals surface area contributed by atoms with E-state index in [2.05, 4.69) is 48.5 Å². The lowest BCUT2D eigenvalue weighted by atomic mass is 10.3. The summed E-state index contributed by atoms with van der Waals surface area (Å²) < 4.78 is 13.2. The van der Waals surface area contributed by atoms with Gasteiger partial charge >= 0.3 is 11.8 Å². The Hall–Kier alpha value is -2.67. The zero-order valence-corrected chi connectivity index (χ0v) is 19.7. The summed E-state index contributed by atoms with van der Waals surface area (Å²) in [5.74, 6) is -0.154. The molecule has 0 aliphatic rings. The van der Waals surface area contributed by atoms with Crippen LogP contribution in [0.3, 0.4) is 0 Å². The first-order valence-electron chi connectivity index (χ1n) is 9.29. The Bertz CT molecular complexity index is 1080. The van der Waals surface area contributed by atoms with Crippen LogP contribution in [0.25, 0.3) is 0 Å². The molecule has 164 valence electrons. The summed E-state index contributed by atoms with van der Waals surface area (Å²) in [5, 5.41) is 14.0. The van der Waals surface area contributed by atoms with Crippen LogP contribution in [0.5, 0.6) is 5.75 Å². The van der Waals surface area contributed by atoms with Gasteiger partial charge in [-0.2, -0.15) is 10.1 Å². The molecule has 0 saturated carbocycles. The molecule has 2 N–H and O–H groups in total. The van der Waals surface area contributed by atoms with Gasteiger partial charge in [-0.1, -0.05) is 22.8 Å². The fourth-order valence-electron chi connectivity index (χ4n) is 2.58. The average Bonchev–Trinajstić information content (AvgIpc) is 3.30. The third-order valence-corrected chi connectivity index (χ3v) is 5.94. The molecule has 3 rings (SSSR count). The topological polar surface area (TPSA) is 124 Å². The van der Waals surface area contributed by atoms with Crippen LogP contribution in [0, 0.1) is 17.4 Å². The van der Waals surface area contributed by atoms with Crippen LogP contribution in [-0.4, -0.2) is 51.4 Å². The van der Waals surface area contributed by atoms with Crippen molar-refractivity contribution < 1.29 is 18.8 Å². The van der Waals surface area contributed by atoms with Gasteiger partial charge in [0.2, 0.25) is 0 Å². The molecule has 2 amide bonds. The van der Waals surface area contributed by atoms with Crippen LogP contribution in [0.1, 0.15) is 27.9 Å². The smallest absolute Gasteiger partial charge is 0.316 e. The number of carbonyl (C=O) groups excluding carboxylic acids is 2. The molecule has 0 spiro atoms. The van der Waals surface area contributed by atoms with Crippen molar-refractivity contribution in [3.63, 3.8) is 0 Å². The van der Waals surface area contributed by atoms with Gasteiger partial charge in [0.25, 0.3) is 5.91 Å². The summed E-state index contributed by atoms with van der Waals surface area (Å²) in [6, 6.07) is 6.76. The van der Waals surface area contributed by atoms with Crippen LogP contribution >= 0.6 is 34.2 Å². The van der Waals surface area contributed by atoms with Crippen molar-refractivity contribution in [2.24, 2.45) is 0 Å². The number of nitrogens with zero attached hydrogens (tertiary/aromatic N) is 4. The van der Waals surface area contributed by atoms with E-state index in [0.717, 1.165) is 15.0 Å². The van der Waals surface area contributed by atoms with Gasteiger partial charge in [0.1, 0.15) is 12.3 Å². The Morgan fingerprint density at radius 3 is 2.74 bits per heavy atom. The highest BCUT2D eigenvalue weighted by atomic mass is 127. The van der Waals surface area contributed by atoms with Crippen molar-refractivity contribution in [3.8, 4) is 5.75 Å². The maximum Gasteiger partial charge on any atom is 0.316 e. The monoisotopic (exact) mass is 558 g/mol. The molecule has 0 bridgehead atoms. The molecular formula is C19H20ClIN6O4. The first kappa shape index (κ1) is 23.0. The van der Waals surface area contributed by atoms with Crippen molar-refractivity contribution >= 4 is 46.0 Å².